The standard InChI is InChI=1S/C31H45N5/c1-2-3-7-18-29(32)34-30-33-27-16-10-11-17-28(27)36(30)26-19-23-35(24-20-26)31(21-12-4-5-13-22-31)25-14-8-6-9-15-25/h6,8-11,14-17,26,29H,2-5,7,12-13,18-24,32H2,1H3,(H,33,34). The zero-order valence-electron chi connectivity index (χ0n) is 22.2. The summed E-state index contributed by atoms with van der Waals surface area (Å²) in [7, 11) is 0. The minimum Gasteiger partial charge on any atom is -0.341 e. The maximum Gasteiger partial charge on any atom is 0.205 e. The molecule has 5 nitrogen and oxygen atoms in total. The Morgan fingerprint density at radius 2 is 1.64 bits per heavy atom. The number of rotatable bonds is 9. The van der Waals surface area contributed by atoms with Gasteiger partial charge in [-0.25, -0.2) is 4.98 Å². The number of unbranched alkanes of at least 4 members (excludes halogenated alkanes) is 2. The highest BCUT2D eigenvalue weighted by Crippen LogP contribution is 2.44. The van der Waals surface area contributed by atoms with Crippen LogP contribution in [-0.2, 0) is 5.54 Å². The predicted molar refractivity (Wildman–Crippen MR) is 151 cm³/mol. The van der Waals surface area contributed by atoms with Gasteiger partial charge < -0.3 is 15.6 Å². The van der Waals surface area contributed by atoms with Crippen molar-refractivity contribution in [1.29, 1.82) is 0 Å². The van der Waals surface area contributed by atoms with Crippen molar-refractivity contribution in [3.05, 3.63) is 60.2 Å². The third-order valence-electron chi connectivity index (χ3n) is 8.71. The molecule has 36 heavy (non-hydrogen) atoms. The number of para-hydroxylation sites is 2. The lowest BCUT2D eigenvalue weighted by atomic mass is 9.79. The molecule has 2 aliphatic rings. The average Bonchev–Trinajstić information content (AvgIpc) is 3.08. The van der Waals surface area contributed by atoms with Gasteiger partial charge in [0.05, 0.1) is 17.2 Å². The molecule has 0 radical (unpaired) electrons. The summed E-state index contributed by atoms with van der Waals surface area (Å²) < 4.78 is 2.47. The molecule has 0 amide bonds. The number of fused-ring (bicyclic) bond motifs is 1. The number of nitrogens with zero attached hydrogens (tertiary/aromatic N) is 3. The molecular formula is C31H45N5. The SMILES string of the molecule is CCCCCC(N)Nc1nc2ccccc2n1C1CCN(C2(c3ccccc3)CCCCCC2)CC1. The summed E-state index contributed by atoms with van der Waals surface area (Å²) in [6, 6.07) is 20.4. The lowest BCUT2D eigenvalue weighted by Gasteiger charge is -2.48. The van der Waals surface area contributed by atoms with Crippen molar-refractivity contribution in [1.82, 2.24) is 14.5 Å². The first-order chi connectivity index (χ1) is 17.7. The van der Waals surface area contributed by atoms with Crippen LogP contribution in [0.15, 0.2) is 54.6 Å². The molecule has 194 valence electrons. The minimum atomic E-state index is -0.0560. The molecule has 5 rings (SSSR count). The Kier molecular flexibility index (Phi) is 8.28. The smallest absolute Gasteiger partial charge is 0.205 e. The molecule has 3 N–H and O–H groups in total. The number of piperidine rings is 1. The molecule has 1 atom stereocenters. The largest absolute Gasteiger partial charge is 0.341 e. The Balaban J connectivity index is 1.37. The van der Waals surface area contributed by atoms with E-state index in [4.69, 9.17) is 10.7 Å². The monoisotopic (exact) mass is 487 g/mol. The number of aromatic nitrogens is 2. The first-order valence-corrected chi connectivity index (χ1v) is 14.5. The fraction of sp³-hybridized carbons (Fsp3) is 0.581. The topological polar surface area (TPSA) is 59.1 Å². The van der Waals surface area contributed by atoms with Crippen LogP contribution >= 0.6 is 0 Å². The first kappa shape index (κ1) is 25.3. The van der Waals surface area contributed by atoms with E-state index in [1.165, 1.54) is 62.4 Å². The van der Waals surface area contributed by atoms with Gasteiger partial charge >= 0.3 is 0 Å². The zero-order chi connectivity index (χ0) is 24.8. The number of hydrogen-bond donors (Lipinski definition) is 2. The van der Waals surface area contributed by atoms with Crippen LogP contribution in [0.4, 0.5) is 5.95 Å². The molecule has 3 aromatic rings. The van der Waals surface area contributed by atoms with Crippen LogP contribution in [0.2, 0.25) is 0 Å². The molecule has 1 unspecified atom stereocenters. The summed E-state index contributed by atoms with van der Waals surface area (Å²) in [5.74, 6) is 0.950. The van der Waals surface area contributed by atoms with Gasteiger partial charge in [0.1, 0.15) is 0 Å². The summed E-state index contributed by atoms with van der Waals surface area (Å²) in [5.41, 5.74) is 10.5. The van der Waals surface area contributed by atoms with Gasteiger partial charge in [-0.15, -0.1) is 0 Å². The first-order valence-electron chi connectivity index (χ1n) is 14.5. The van der Waals surface area contributed by atoms with Crippen LogP contribution in [-0.4, -0.2) is 33.7 Å². The van der Waals surface area contributed by atoms with E-state index < -0.39 is 0 Å². The molecule has 2 fully saturated rings. The van der Waals surface area contributed by atoms with Crippen LogP contribution in [0.25, 0.3) is 11.0 Å². The van der Waals surface area contributed by atoms with Crippen molar-refractivity contribution in [2.45, 2.75) is 102 Å². The lowest BCUT2D eigenvalue weighted by molar-refractivity contribution is 0.0362. The number of anilines is 1. The summed E-state index contributed by atoms with van der Waals surface area (Å²) >= 11 is 0. The third kappa shape index (κ3) is 5.33. The number of likely N-dealkylation sites (tertiary alicyclic amines) is 1. The van der Waals surface area contributed by atoms with E-state index in [2.05, 4.69) is 76.3 Å². The van der Waals surface area contributed by atoms with Gasteiger partial charge in [0.25, 0.3) is 0 Å². The predicted octanol–water partition coefficient (Wildman–Crippen LogP) is 7.20. The van der Waals surface area contributed by atoms with Crippen LogP contribution in [0.1, 0.15) is 95.6 Å². The van der Waals surface area contributed by atoms with Crippen LogP contribution in [0.5, 0.6) is 0 Å². The summed E-state index contributed by atoms with van der Waals surface area (Å²) in [4.78, 5) is 7.84. The maximum atomic E-state index is 6.51. The number of imidazole rings is 1. The number of nitrogens with one attached hydrogen (secondary N) is 1. The Bertz CT molecular complexity index is 1070. The summed E-state index contributed by atoms with van der Waals surface area (Å²) in [5, 5.41) is 3.59. The highest BCUT2D eigenvalue weighted by molar-refractivity contribution is 5.79. The lowest BCUT2D eigenvalue weighted by Crippen LogP contribution is -2.50. The van der Waals surface area contributed by atoms with Crippen molar-refractivity contribution in [3.8, 4) is 0 Å². The molecule has 1 aromatic heterocycles. The van der Waals surface area contributed by atoms with Crippen molar-refractivity contribution in [2.24, 2.45) is 5.73 Å². The Hall–Kier alpha value is -2.37. The van der Waals surface area contributed by atoms with Gasteiger partial charge in [0.2, 0.25) is 5.95 Å². The average molecular weight is 488 g/mol. The molecule has 1 aliphatic heterocycles. The van der Waals surface area contributed by atoms with Gasteiger partial charge in [0, 0.05) is 24.7 Å². The van der Waals surface area contributed by atoms with E-state index in [1.54, 1.807) is 0 Å². The summed E-state index contributed by atoms with van der Waals surface area (Å²) in [6.45, 7) is 4.50. The fourth-order valence-corrected chi connectivity index (χ4v) is 6.77. The Labute approximate surface area is 217 Å². The fourth-order valence-electron chi connectivity index (χ4n) is 6.77. The van der Waals surface area contributed by atoms with Crippen molar-refractivity contribution in [2.75, 3.05) is 18.4 Å². The van der Waals surface area contributed by atoms with E-state index in [-0.39, 0.29) is 11.7 Å². The van der Waals surface area contributed by atoms with Crippen molar-refractivity contribution in [3.63, 3.8) is 0 Å². The Morgan fingerprint density at radius 3 is 2.36 bits per heavy atom. The van der Waals surface area contributed by atoms with Gasteiger partial charge in [-0.3, -0.25) is 4.90 Å². The molecule has 1 aliphatic carbocycles. The third-order valence-corrected chi connectivity index (χ3v) is 8.71. The molecule has 5 heteroatoms. The van der Waals surface area contributed by atoms with Crippen molar-refractivity contribution < 1.29 is 0 Å². The van der Waals surface area contributed by atoms with Crippen LogP contribution in [0.3, 0.4) is 0 Å². The van der Waals surface area contributed by atoms with Gasteiger partial charge in [-0.2, -0.15) is 0 Å². The molecule has 0 spiro atoms. The molecule has 1 saturated carbocycles. The van der Waals surface area contributed by atoms with Gasteiger partial charge in [-0.1, -0.05) is 94.3 Å². The molecule has 2 heterocycles. The zero-order valence-corrected chi connectivity index (χ0v) is 22.2. The molecular weight excluding hydrogens is 442 g/mol. The maximum absolute atomic E-state index is 6.51. The minimum absolute atomic E-state index is 0.0560. The van der Waals surface area contributed by atoms with E-state index in [1.807, 2.05) is 0 Å². The van der Waals surface area contributed by atoms with Crippen LogP contribution < -0.4 is 11.1 Å². The summed E-state index contributed by atoms with van der Waals surface area (Å²) in [6.07, 6.45) is 14.8. The van der Waals surface area contributed by atoms with Crippen molar-refractivity contribution >= 4 is 17.0 Å². The second-order valence-electron chi connectivity index (χ2n) is 11.1. The molecule has 1 saturated heterocycles. The van der Waals surface area contributed by atoms with E-state index in [0.717, 1.165) is 50.2 Å². The van der Waals surface area contributed by atoms with Gasteiger partial charge in [0.15, 0.2) is 0 Å². The highest BCUT2D eigenvalue weighted by atomic mass is 15.3. The second-order valence-corrected chi connectivity index (χ2v) is 11.1. The normalized spacial score (nSPS) is 20.3. The number of hydrogen-bond acceptors (Lipinski definition) is 4. The van der Waals surface area contributed by atoms with E-state index in [0.29, 0.717) is 6.04 Å². The van der Waals surface area contributed by atoms with E-state index in [9.17, 15) is 0 Å². The quantitative estimate of drug-likeness (QED) is 0.190. The Morgan fingerprint density at radius 1 is 0.944 bits per heavy atom. The van der Waals surface area contributed by atoms with Gasteiger partial charge in [-0.05, 0) is 49.8 Å². The van der Waals surface area contributed by atoms with E-state index >= 15 is 0 Å². The number of nitrogens with two attached hydrogens (primary N) is 1. The second kappa shape index (κ2) is 11.8. The van der Waals surface area contributed by atoms with Crippen LogP contribution in [0, 0.1) is 0 Å². The molecule has 2 aromatic carbocycles. The number of benzene rings is 2. The molecule has 0 bridgehead atoms. The highest BCUT2D eigenvalue weighted by Gasteiger charge is 2.40.